The highest BCUT2D eigenvalue weighted by molar-refractivity contribution is 5.66. The minimum Gasteiger partial charge on any atom is -0.462 e. The fraction of sp³-hybridized carbons (Fsp3) is 0.769. The lowest BCUT2D eigenvalue weighted by atomic mass is 10.3. The van der Waals surface area contributed by atoms with Crippen LogP contribution >= 0.6 is 0 Å². The summed E-state index contributed by atoms with van der Waals surface area (Å²) in [5.74, 6) is 6.05. The maximum Gasteiger partial charge on any atom is 0.302 e. The van der Waals surface area contributed by atoms with Gasteiger partial charge < -0.3 is 14.5 Å². The van der Waals surface area contributed by atoms with Crippen molar-refractivity contribution in [2.45, 2.75) is 26.4 Å². The van der Waals surface area contributed by atoms with E-state index in [9.17, 15) is 4.79 Å². The molecule has 0 unspecified atom stereocenters. The van der Waals surface area contributed by atoms with E-state index in [0.29, 0.717) is 6.42 Å². The molecule has 0 radical (unpaired) electrons. The molecule has 1 saturated heterocycles. The van der Waals surface area contributed by atoms with Crippen LogP contribution in [-0.4, -0.2) is 51.8 Å². The van der Waals surface area contributed by atoms with Gasteiger partial charge in [-0.3, -0.25) is 4.79 Å². The number of carbonyl (C=O) groups is 1. The van der Waals surface area contributed by atoms with Crippen molar-refractivity contribution in [3.63, 3.8) is 0 Å². The van der Waals surface area contributed by atoms with Crippen LogP contribution in [0.25, 0.3) is 0 Å². The number of carbonyl (C=O) groups excluding carboxylic acids is 1. The Hall–Kier alpha value is -1.05. The molecule has 0 saturated carbocycles. The zero-order valence-corrected chi connectivity index (χ0v) is 11.1. The van der Waals surface area contributed by atoms with Crippen LogP contribution in [0.4, 0.5) is 0 Å². The monoisotopic (exact) mass is 240 g/mol. The SMILES string of the molecule is CC(=O)O[C@@H](C)CC#CC[NH+]1CC[NH+](C)CC1. The van der Waals surface area contributed by atoms with Gasteiger partial charge in [0.2, 0.25) is 0 Å². The highest BCUT2D eigenvalue weighted by Crippen LogP contribution is 1.95. The van der Waals surface area contributed by atoms with Gasteiger partial charge in [0.25, 0.3) is 0 Å². The lowest BCUT2D eigenvalue weighted by Crippen LogP contribution is -3.26. The Morgan fingerprint density at radius 2 is 1.94 bits per heavy atom. The number of nitrogens with one attached hydrogen (secondary N) is 2. The van der Waals surface area contributed by atoms with Crippen LogP contribution in [0.1, 0.15) is 20.3 Å². The third-order valence-electron chi connectivity index (χ3n) is 3.03. The van der Waals surface area contributed by atoms with Gasteiger partial charge in [-0.25, -0.2) is 0 Å². The number of piperazine rings is 1. The van der Waals surface area contributed by atoms with E-state index >= 15 is 0 Å². The number of ether oxygens (including phenoxy) is 1. The molecule has 96 valence electrons. The summed E-state index contributed by atoms with van der Waals surface area (Å²) in [5.41, 5.74) is 0. The van der Waals surface area contributed by atoms with Crippen molar-refractivity contribution < 1.29 is 19.3 Å². The van der Waals surface area contributed by atoms with Crippen LogP contribution in [0.2, 0.25) is 0 Å². The molecule has 17 heavy (non-hydrogen) atoms. The number of esters is 1. The highest BCUT2D eigenvalue weighted by atomic mass is 16.5. The summed E-state index contributed by atoms with van der Waals surface area (Å²) in [7, 11) is 2.24. The van der Waals surface area contributed by atoms with Crippen molar-refractivity contribution in [2.24, 2.45) is 0 Å². The predicted molar refractivity (Wildman–Crippen MR) is 65.8 cm³/mol. The summed E-state index contributed by atoms with van der Waals surface area (Å²) < 4.78 is 5.00. The Balaban J connectivity index is 2.15. The molecular weight excluding hydrogens is 216 g/mol. The first-order valence-corrected chi connectivity index (χ1v) is 6.35. The second-order valence-electron chi connectivity index (χ2n) is 4.86. The minimum absolute atomic E-state index is 0.0908. The second-order valence-corrected chi connectivity index (χ2v) is 4.86. The summed E-state index contributed by atoms with van der Waals surface area (Å²) in [6.07, 6.45) is 0.546. The third-order valence-corrected chi connectivity index (χ3v) is 3.03. The number of likely N-dealkylation sites (N-methyl/N-ethyl adjacent to an activating group) is 1. The maximum absolute atomic E-state index is 10.7. The molecule has 2 N–H and O–H groups in total. The van der Waals surface area contributed by atoms with E-state index in [1.54, 1.807) is 9.80 Å². The topological polar surface area (TPSA) is 35.2 Å². The fourth-order valence-electron chi connectivity index (χ4n) is 1.94. The van der Waals surface area contributed by atoms with Gasteiger partial charge in [-0.2, -0.15) is 0 Å². The largest absolute Gasteiger partial charge is 0.462 e. The lowest BCUT2D eigenvalue weighted by Gasteiger charge is -2.25. The van der Waals surface area contributed by atoms with Gasteiger partial charge in [-0.1, -0.05) is 5.92 Å². The fourth-order valence-corrected chi connectivity index (χ4v) is 1.94. The van der Waals surface area contributed by atoms with E-state index < -0.39 is 0 Å². The first kappa shape index (κ1) is 14.0. The maximum atomic E-state index is 10.7. The van der Waals surface area contributed by atoms with Crippen molar-refractivity contribution in [1.29, 1.82) is 0 Å². The van der Waals surface area contributed by atoms with Crippen molar-refractivity contribution in [1.82, 2.24) is 0 Å². The van der Waals surface area contributed by atoms with E-state index in [1.165, 1.54) is 33.1 Å². The van der Waals surface area contributed by atoms with Crippen molar-refractivity contribution >= 4 is 5.97 Å². The minimum atomic E-state index is -0.230. The Morgan fingerprint density at radius 3 is 2.53 bits per heavy atom. The normalized spacial score (nSPS) is 25.6. The molecule has 1 aliphatic heterocycles. The van der Waals surface area contributed by atoms with Gasteiger partial charge in [-0.15, -0.1) is 0 Å². The summed E-state index contributed by atoms with van der Waals surface area (Å²) in [4.78, 5) is 13.9. The van der Waals surface area contributed by atoms with Crippen LogP contribution in [-0.2, 0) is 9.53 Å². The molecule has 4 heteroatoms. The Labute approximate surface area is 104 Å². The smallest absolute Gasteiger partial charge is 0.302 e. The molecule has 4 nitrogen and oxygen atoms in total. The second kappa shape index (κ2) is 7.31. The molecule has 0 aromatic rings. The average Bonchev–Trinajstić information content (AvgIpc) is 2.26. The number of hydrogen-bond donors (Lipinski definition) is 2. The molecule has 0 aromatic heterocycles. The first-order chi connectivity index (χ1) is 8.08. The first-order valence-electron chi connectivity index (χ1n) is 6.35. The molecule has 1 rings (SSSR count). The van der Waals surface area contributed by atoms with Gasteiger partial charge in [0, 0.05) is 13.3 Å². The molecule has 1 heterocycles. The van der Waals surface area contributed by atoms with Gasteiger partial charge in [0.15, 0.2) is 0 Å². The highest BCUT2D eigenvalue weighted by Gasteiger charge is 2.18. The zero-order valence-electron chi connectivity index (χ0n) is 11.1. The average molecular weight is 240 g/mol. The van der Waals surface area contributed by atoms with E-state index in [2.05, 4.69) is 18.9 Å². The molecule has 0 spiro atoms. The molecule has 1 fully saturated rings. The number of quaternary nitrogens is 2. The van der Waals surface area contributed by atoms with E-state index in [4.69, 9.17) is 4.74 Å². The standard InChI is InChI=1S/C13H22N2O2/c1-12(17-13(2)16)6-4-5-7-15-10-8-14(3)9-11-15/h12H,6-11H2,1-3H3/p+2/t12-/m0/s1. The van der Waals surface area contributed by atoms with E-state index in [0.717, 1.165) is 6.54 Å². The van der Waals surface area contributed by atoms with Crippen molar-refractivity contribution in [2.75, 3.05) is 39.8 Å². The zero-order chi connectivity index (χ0) is 12.7. The van der Waals surface area contributed by atoms with Gasteiger partial charge in [-0.05, 0) is 12.8 Å². The Kier molecular flexibility index (Phi) is 6.03. The Bertz CT molecular complexity index is 298. The van der Waals surface area contributed by atoms with E-state index in [-0.39, 0.29) is 12.1 Å². The van der Waals surface area contributed by atoms with Crippen molar-refractivity contribution in [3.05, 3.63) is 0 Å². The summed E-state index contributed by atoms with van der Waals surface area (Å²) in [6.45, 7) is 9.12. The number of rotatable bonds is 3. The predicted octanol–water partition coefficient (Wildman–Crippen LogP) is -2.26. The summed E-state index contributed by atoms with van der Waals surface area (Å²) in [6, 6.07) is 0. The van der Waals surface area contributed by atoms with Crippen LogP contribution in [0.5, 0.6) is 0 Å². The van der Waals surface area contributed by atoms with Crippen LogP contribution in [0, 0.1) is 11.8 Å². The van der Waals surface area contributed by atoms with Gasteiger partial charge >= 0.3 is 5.97 Å². The van der Waals surface area contributed by atoms with E-state index in [1.807, 2.05) is 6.92 Å². The lowest BCUT2D eigenvalue weighted by molar-refractivity contribution is -1.000. The molecule has 0 amide bonds. The molecule has 0 aliphatic carbocycles. The van der Waals surface area contributed by atoms with Crippen molar-refractivity contribution in [3.8, 4) is 11.8 Å². The molecule has 1 atom stereocenters. The van der Waals surface area contributed by atoms with Gasteiger partial charge in [0.1, 0.15) is 38.8 Å². The molecule has 0 bridgehead atoms. The molecule has 0 aromatic carbocycles. The quantitative estimate of drug-likeness (QED) is 0.432. The Morgan fingerprint density at radius 1 is 1.29 bits per heavy atom. The molecular formula is C13H24N2O2+2. The summed E-state index contributed by atoms with van der Waals surface area (Å²) >= 11 is 0. The van der Waals surface area contributed by atoms with Gasteiger partial charge in [0.05, 0.1) is 7.05 Å². The van der Waals surface area contributed by atoms with Crippen LogP contribution < -0.4 is 9.80 Å². The molecule has 1 aliphatic rings. The third kappa shape index (κ3) is 6.30. The van der Waals surface area contributed by atoms with Crippen LogP contribution in [0.15, 0.2) is 0 Å². The van der Waals surface area contributed by atoms with Crippen LogP contribution in [0.3, 0.4) is 0 Å². The summed E-state index contributed by atoms with van der Waals surface area (Å²) in [5, 5.41) is 0. The number of hydrogen-bond acceptors (Lipinski definition) is 2.